The maximum Gasteiger partial charge on any atom is 0.0707 e. The molecule has 0 aromatic heterocycles. The van der Waals surface area contributed by atoms with E-state index in [-0.39, 0.29) is 5.60 Å². The van der Waals surface area contributed by atoms with E-state index in [0.717, 1.165) is 19.1 Å². The van der Waals surface area contributed by atoms with Gasteiger partial charge in [0.15, 0.2) is 0 Å². The first-order valence-electron chi connectivity index (χ1n) is 6.50. The first kappa shape index (κ1) is 13.9. The highest BCUT2D eigenvalue weighted by Crippen LogP contribution is 2.13. The van der Waals surface area contributed by atoms with Gasteiger partial charge < -0.3 is 14.8 Å². The maximum absolute atomic E-state index is 5.58. The second-order valence-corrected chi connectivity index (χ2v) is 5.57. The van der Waals surface area contributed by atoms with Gasteiger partial charge in [0.2, 0.25) is 0 Å². The predicted octanol–water partition coefficient (Wildman–Crippen LogP) is 2.21. The highest BCUT2D eigenvalue weighted by atomic mass is 16.5. The fourth-order valence-corrected chi connectivity index (χ4v) is 1.93. The van der Waals surface area contributed by atoms with E-state index in [4.69, 9.17) is 9.47 Å². The summed E-state index contributed by atoms with van der Waals surface area (Å²) in [6.07, 6.45) is 3.86. The predicted molar refractivity (Wildman–Crippen MR) is 66.7 cm³/mol. The van der Waals surface area contributed by atoms with Crippen LogP contribution < -0.4 is 5.32 Å². The third kappa shape index (κ3) is 7.20. The maximum atomic E-state index is 5.58. The third-order valence-corrected chi connectivity index (χ3v) is 2.83. The van der Waals surface area contributed by atoms with E-state index in [0.29, 0.717) is 6.61 Å². The molecule has 1 fully saturated rings. The Bertz CT molecular complexity index is 171. The molecule has 1 saturated heterocycles. The summed E-state index contributed by atoms with van der Waals surface area (Å²) < 4.78 is 11.2. The number of rotatable bonds is 6. The molecule has 0 aromatic carbocycles. The molecule has 1 aliphatic heterocycles. The molecule has 1 atom stereocenters. The largest absolute Gasteiger partial charge is 0.379 e. The average molecular weight is 229 g/mol. The first-order valence-corrected chi connectivity index (χ1v) is 6.50. The van der Waals surface area contributed by atoms with Gasteiger partial charge in [-0.05, 0) is 59.0 Å². The highest BCUT2D eigenvalue weighted by molar-refractivity contribution is 4.68. The molecule has 0 aliphatic carbocycles. The lowest BCUT2D eigenvalue weighted by molar-refractivity contribution is -0.0363. The molecule has 1 aliphatic rings. The molecule has 96 valence electrons. The molecule has 1 rings (SSSR count). The monoisotopic (exact) mass is 229 g/mol. The Hall–Kier alpha value is -0.120. The van der Waals surface area contributed by atoms with Crippen molar-refractivity contribution in [1.82, 2.24) is 5.32 Å². The summed E-state index contributed by atoms with van der Waals surface area (Å²) in [6.45, 7) is 10.9. The van der Waals surface area contributed by atoms with Crippen LogP contribution in [0.15, 0.2) is 0 Å². The summed E-state index contributed by atoms with van der Waals surface area (Å²) in [5.74, 6) is 0.817. The zero-order chi connectivity index (χ0) is 11.9. The topological polar surface area (TPSA) is 30.5 Å². The van der Waals surface area contributed by atoms with Gasteiger partial charge in [0.05, 0.1) is 18.8 Å². The van der Waals surface area contributed by atoms with Gasteiger partial charge in [0, 0.05) is 6.61 Å². The van der Waals surface area contributed by atoms with Crippen LogP contribution in [0.5, 0.6) is 0 Å². The Kier molecular flexibility index (Phi) is 6.32. The number of nitrogens with one attached hydrogen (secondary N) is 1. The van der Waals surface area contributed by atoms with E-state index in [1.165, 1.54) is 32.4 Å². The molecule has 3 nitrogen and oxygen atoms in total. The van der Waals surface area contributed by atoms with Gasteiger partial charge in [0.1, 0.15) is 0 Å². The fraction of sp³-hybridized carbons (Fsp3) is 1.00. The van der Waals surface area contributed by atoms with Gasteiger partial charge in [-0.2, -0.15) is 0 Å². The molecule has 1 unspecified atom stereocenters. The molecule has 16 heavy (non-hydrogen) atoms. The minimum absolute atomic E-state index is 0.0450. The van der Waals surface area contributed by atoms with Gasteiger partial charge in [0.25, 0.3) is 0 Å². The van der Waals surface area contributed by atoms with Crippen LogP contribution in [0.4, 0.5) is 0 Å². The summed E-state index contributed by atoms with van der Waals surface area (Å²) in [5.41, 5.74) is -0.0450. The number of ether oxygens (including phenoxy) is 2. The molecule has 0 radical (unpaired) electrons. The van der Waals surface area contributed by atoms with Crippen LogP contribution in [0, 0.1) is 5.92 Å². The lowest BCUT2D eigenvalue weighted by atomic mass is 9.97. The Labute approximate surface area is 99.9 Å². The van der Waals surface area contributed by atoms with E-state index in [2.05, 4.69) is 26.1 Å². The molecule has 0 amide bonds. The normalized spacial score (nSPS) is 22.3. The van der Waals surface area contributed by atoms with Gasteiger partial charge in [-0.15, -0.1) is 0 Å². The molecule has 3 heteroatoms. The van der Waals surface area contributed by atoms with Crippen molar-refractivity contribution in [1.29, 1.82) is 0 Å². The summed E-state index contributed by atoms with van der Waals surface area (Å²) in [6, 6.07) is 0. The summed E-state index contributed by atoms with van der Waals surface area (Å²) in [4.78, 5) is 0. The van der Waals surface area contributed by atoms with Crippen molar-refractivity contribution in [3.8, 4) is 0 Å². The standard InChI is InChI=1S/C13H27NO2/c1-13(2,3)16-10-9-15-8-6-12-5-4-7-14-11-12/h12,14H,4-11H2,1-3H3. The third-order valence-electron chi connectivity index (χ3n) is 2.83. The SMILES string of the molecule is CC(C)(C)OCCOCCC1CCCNC1. The summed E-state index contributed by atoms with van der Waals surface area (Å²) in [7, 11) is 0. The van der Waals surface area contributed by atoms with E-state index < -0.39 is 0 Å². The molecule has 0 spiro atoms. The average Bonchev–Trinajstić information content (AvgIpc) is 2.23. The number of hydrogen-bond donors (Lipinski definition) is 1. The Morgan fingerprint density at radius 3 is 2.62 bits per heavy atom. The van der Waals surface area contributed by atoms with Crippen LogP contribution in [0.2, 0.25) is 0 Å². The summed E-state index contributed by atoms with van der Waals surface area (Å²) in [5, 5.41) is 3.43. The van der Waals surface area contributed by atoms with Crippen molar-refractivity contribution >= 4 is 0 Å². The quantitative estimate of drug-likeness (QED) is 0.708. The van der Waals surface area contributed by atoms with Gasteiger partial charge in [-0.1, -0.05) is 0 Å². The van der Waals surface area contributed by atoms with Crippen molar-refractivity contribution < 1.29 is 9.47 Å². The minimum Gasteiger partial charge on any atom is -0.379 e. The lowest BCUT2D eigenvalue weighted by Crippen LogP contribution is -2.30. The van der Waals surface area contributed by atoms with Crippen LogP contribution in [-0.4, -0.2) is 38.5 Å². The van der Waals surface area contributed by atoms with Gasteiger partial charge in [-0.3, -0.25) is 0 Å². The fourth-order valence-electron chi connectivity index (χ4n) is 1.93. The molecule has 1 heterocycles. The zero-order valence-corrected chi connectivity index (χ0v) is 11.1. The van der Waals surface area contributed by atoms with E-state index in [9.17, 15) is 0 Å². The van der Waals surface area contributed by atoms with Crippen molar-refractivity contribution in [2.75, 3.05) is 32.9 Å². The Balaban J connectivity index is 1.87. The highest BCUT2D eigenvalue weighted by Gasteiger charge is 2.12. The lowest BCUT2D eigenvalue weighted by Gasteiger charge is -2.23. The smallest absolute Gasteiger partial charge is 0.0707 e. The molecule has 0 bridgehead atoms. The second kappa shape index (κ2) is 7.25. The zero-order valence-electron chi connectivity index (χ0n) is 11.1. The number of piperidine rings is 1. The van der Waals surface area contributed by atoms with E-state index in [1.807, 2.05) is 0 Å². The van der Waals surface area contributed by atoms with Crippen LogP contribution in [-0.2, 0) is 9.47 Å². The van der Waals surface area contributed by atoms with Crippen LogP contribution in [0.3, 0.4) is 0 Å². The Morgan fingerprint density at radius 1 is 1.19 bits per heavy atom. The van der Waals surface area contributed by atoms with Crippen LogP contribution in [0.25, 0.3) is 0 Å². The van der Waals surface area contributed by atoms with Crippen LogP contribution in [0.1, 0.15) is 40.0 Å². The second-order valence-electron chi connectivity index (χ2n) is 5.57. The van der Waals surface area contributed by atoms with E-state index >= 15 is 0 Å². The van der Waals surface area contributed by atoms with Crippen molar-refractivity contribution in [3.63, 3.8) is 0 Å². The molecular formula is C13H27NO2. The number of hydrogen-bond acceptors (Lipinski definition) is 3. The van der Waals surface area contributed by atoms with Gasteiger partial charge in [-0.25, -0.2) is 0 Å². The molecule has 0 saturated carbocycles. The Morgan fingerprint density at radius 2 is 2.00 bits per heavy atom. The van der Waals surface area contributed by atoms with Crippen molar-refractivity contribution in [2.24, 2.45) is 5.92 Å². The van der Waals surface area contributed by atoms with Crippen molar-refractivity contribution in [3.05, 3.63) is 0 Å². The van der Waals surface area contributed by atoms with E-state index in [1.54, 1.807) is 0 Å². The summed E-state index contributed by atoms with van der Waals surface area (Å²) >= 11 is 0. The van der Waals surface area contributed by atoms with Gasteiger partial charge >= 0.3 is 0 Å². The molecule has 0 aromatic rings. The van der Waals surface area contributed by atoms with Crippen LogP contribution >= 0.6 is 0 Å². The minimum atomic E-state index is -0.0450. The first-order chi connectivity index (χ1) is 7.58. The van der Waals surface area contributed by atoms with Crippen molar-refractivity contribution in [2.45, 2.75) is 45.6 Å². The molecule has 1 N–H and O–H groups in total. The molecular weight excluding hydrogens is 202 g/mol.